The summed E-state index contributed by atoms with van der Waals surface area (Å²) in [5, 5.41) is 3.04. The summed E-state index contributed by atoms with van der Waals surface area (Å²) in [5.41, 5.74) is 3.01. The third-order valence-corrected chi connectivity index (χ3v) is 6.27. The molecule has 0 amide bonds. The molecule has 0 atom stereocenters. The average molecular weight is 426 g/mol. The fraction of sp³-hybridized carbons (Fsp3) is 0.304. The maximum atomic E-state index is 14.4. The molecule has 0 spiro atoms. The number of hydrogen-bond acceptors (Lipinski definition) is 6. The number of hydrogen-bond donors (Lipinski definition) is 0. The van der Waals surface area contributed by atoms with E-state index < -0.39 is 0 Å². The number of piperazine rings is 1. The Morgan fingerprint density at radius 3 is 2.63 bits per heavy atom. The van der Waals surface area contributed by atoms with Gasteiger partial charge in [0, 0.05) is 43.7 Å². The Bertz CT molecular complexity index is 1040. The van der Waals surface area contributed by atoms with Gasteiger partial charge in [0.25, 0.3) is 0 Å². The van der Waals surface area contributed by atoms with Crippen LogP contribution in [0.15, 0.2) is 47.8 Å². The summed E-state index contributed by atoms with van der Waals surface area (Å²) in [7, 11) is 1.67. The van der Waals surface area contributed by atoms with E-state index in [0.29, 0.717) is 11.3 Å². The van der Waals surface area contributed by atoms with Gasteiger partial charge in [-0.15, -0.1) is 11.3 Å². The first-order valence-electron chi connectivity index (χ1n) is 9.90. The van der Waals surface area contributed by atoms with Gasteiger partial charge in [0.15, 0.2) is 5.78 Å². The summed E-state index contributed by atoms with van der Waals surface area (Å²) in [6, 6.07) is 12.6. The molecule has 4 rings (SSSR count). The van der Waals surface area contributed by atoms with Crippen LogP contribution < -0.4 is 9.64 Å². The van der Waals surface area contributed by atoms with Crippen molar-refractivity contribution >= 4 is 22.8 Å². The Morgan fingerprint density at radius 1 is 1.17 bits per heavy atom. The topological polar surface area (TPSA) is 45.7 Å². The van der Waals surface area contributed by atoms with Crippen LogP contribution in [0.5, 0.6) is 5.75 Å². The highest BCUT2D eigenvalue weighted by Gasteiger charge is 2.21. The molecule has 7 heteroatoms. The molecule has 3 aromatic rings. The lowest BCUT2D eigenvalue weighted by Gasteiger charge is -2.36. The number of nitrogens with zero attached hydrogens (tertiary/aromatic N) is 3. The SMILES string of the molecule is COc1ccccc1-c1nc(CN2CCN(c3ccc(C(C)=O)cc3F)CC2)cs1. The molecule has 1 aliphatic rings. The molecule has 0 bridgehead atoms. The number of halogens is 1. The summed E-state index contributed by atoms with van der Waals surface area (Å²) < 4.78 is 19.9. The van der Waals surface area contributed by atoms with Gasteiger partial charge in [-0.1, -0.05) is 12.1 Å². The number of ether oxygens (including phenoxy) is 1. The van der Waals surface area contributed by atoms with Crippen molar-refractivity contribution in [3.05, 3.63) is 64.9 Å². The number of para-hydroxylation sites is 1. The van der Waals surface area contributed by atoms with E-state index in [1.165, 1.54) is 13.0 Å². The molecular weight excluding hydrogens is 401 g/mol. The molecule has 0 radical (unpaired) electrons. The zero-order chi connectivity index (χ0) is 21.1. The van der Waals surface area contributed by atoms with Crippen molar-refractivity contribution in [2.75, 3.05) is 38.2 Å². The number of carbonyl (C=O) groups excluding carboxylic acids is 1. The minimum atomic E-state index is -0.336. The van der Waals surface area contributed by atoms with Crippen LogP contribution in [0.1, 0.15) is 23.0 Å². The smallest absolute Gasteiger partial charge is 0.159 e. The molecule has 1 saturated heterocycles. The molecule has 0 aliphatic carbocycles. The summed E-state index contributed by atoms with van der Waals surface area (Å²) >= 11 is 1.62. The van der Waals surface area contributed by atoms with E-state index in [1.54, 1.807) is 30.6 Å². The highest BCUT2D eigenvalue weighted by atomic mass is 32.1. The van der Waals surface area contributed by atoms with Gasteiger partial charge in [-0.2, -0.15) is 0 Å². The van der Waals surface area contributed by atoms with Crippen molar-refractivity contribution in [2.24, 2.45) is 0 Å². The molecule has 0 unspecified atom stereocenters. The van der Waals surface area contributed by atoms with Gasteiger partial charge in [0.1, 0.15) is 16.6 Å². The quantitative estimate of drug-likeness (QED) is 0.545. The minimum Gasteiger partial charge on any atom is -0.496 e. The fourth-order valence-electron chi connectivity index (χ4n) is 3.68. The van der Waals surface area contributed by atoms with Crippen molar-refractivity contribution in [1.29, 1.82) is 0 Å². The van der Waals surface area contributed by atoms with Gasteiger partial charge in [0.05, 0.1) is 24.1 Å². The number of rotatable bonds is 6. The van der Waals surface area contributed by atoms with E-state index in [-0.39, 0.29) is 11.6 Å². The minimum absolute atomic E-state index is 0.124. The Hall–Kier alpha value is -2.77. The molecular formula is C23H24FN3O2S. The first-order chi connectivity index (χ1) is 14.5. The Kier molecular flexibility index (Phi) is 6.11. The lowest BCUT2D eigenvalue weighted by Crippen LogP contribution is -2.46. The Balaban J connectivity index is 1.38. The van der Waals surface area contributed by atoms with Gasteiger partial charge in [0.2, 0.25) is 0 Å². The van der Waals surface area contributed by atoms with E-state index in [2.05, 4.69) is 10.3 Å². The van der Waals surface area contributed by atoms with Crippen LogP contribution >= 0.6 is 11.3 Å². The van der Waals surface area contributed by atoms with Crippen LogP contribution in [0.25, 0.3) is 10.6 Å². The molecule has 5 nitrogen and oxygen atoms in total. The zero-order valence-electron chi connectivity index (χ0n) is 17.1. The molecule has 156 valence electrons. The normalized spacial score (nSPS) is 14.7. The number of Topliss-reactive ketones (excluding diaryl/α,β-unsaturated/α-hetero) is 1. The number of methoxy groups -OCH3 is 1. The Morgan fingerprint density at radius 2 is 1.93 bits per heavy atom. The third-order valence-electron chi connectivity index (χ3n) is 5.34. The Labute approximate surface area is 179 Å². The first-order valence-corrected chi connectivity index (χ1v) is 10.8. The highest BCUT2D eigenvalue weighted by Crippen LogP contribution is 2.32. The highest BCUT2D eigenvalue weighted by molar-refractivity contribution is 7.13. The zero-order valence-corrected chi connectivity index (χ0v) is 17.9. The van der Waals surface area contributed by atoms with Crippen LogP contribution in [0.3, 0.4) is 0 Å². The summed E-state index contributed by atoms with van der Waals surface area (Å²) in [6.07, 6.45) is 0. The van der Waals surface area contributed by atoms with Crippen LogP contribution in [0, 0.1) is 5.82 Å². The standard InChI is InChI=1S/C23H24FN3O2S/c1-16(28)17-7-8-21(20(24)13-17)27-11-9-26(10-12-27)14-18-15-30-23(25-18)19-5-3-4-6-22(19)29-2/h3-8,13,15H,9-12,14H2,1-2H3. The molecule has 1 aromatic heterocycles. The van der Waals surface area contributed by atoms with Crippen LogP contribution in [-0.2, 0) is 6.54 Å². The van der Waals surface area contributed by atoms with Crippen molar-refractivity contribution in [2.45, 2.75) is 13.5 Å². The van der Waals surface area contributed by atoms with Crippen molar-refractivity contribution in [1.82, 2.24) is 9.88 Å². The molecule has 2 aromatic carbocycles. The molecule has 0 N–H and O–H groups in total. The predicted molar refractivity (Wildman–Crippen MR) is 118 cm³/mol. The van der Waals surface area contributed by atoms with E-state index in [9.17, 15) is 9.18 Å². The lowest BCUT2D eigenvalue weighted by atomic mass is 10.1. The second-order valence-electron chi connectivity index (χ2n) is 7.33. The molecule has 30 heavy (non-hydrogen) atoms. The summed E-state index contributed by atoms with van der Waals surface area (Å²) in [5.74, 6) is 0.364. The number of benzene rings is 2. The second-order valence-corrected chi connectivity index (χ2v) is 8.19. The van der Waals surface area contributed by atoms with E-state index in [1.807, 2.05) is 29.2 Å². The molecule has 2 heterocycles. The maximum absolute atomic E-state index is 14.4. The maximum Gasteiger partial charge on any atom is 0.159 e. The summed E-state index contributed by atoms with van der Waals surface area (Å²) in [4.78, 5) is 20.6. The van der Waals surface area contributed by atoms with Gasteiger partial charge < -0.3 is 9.64 Å². The van der Waals surface area contributed by atoms with E-state index >= 15 is 0 Å². The van der Waals surface area contributed by atoms with Crippen molar-refractivity contribution in [3.8, 4) is 16.3 Å². The lowest BCUT2D eigenvalue weighted by molar-refractivity contribution is 0.101. The average Bonchev–Trinajstić information content (AvgIpc) is 3.22. The number of anilines is 1. The third kappa shape index (κ3) is 4.37. The second kappa shape index (κ2) is 8.93. The molecule has 1 aliphatic heterocycles. The van der Waals surface area contributed by atoms with Gasteiger partial charge in [-0.25, -0.2) is 9.37 Å². The van der Waals surface area contributed by atoms with Gasteiger partial charge in [-0.3, -0.25) is 9.69 Å². The monoisotopic (exact) mass is 425 g/mol. The van der Waals surface area contributed by atoms with Crippen LogP contribution in [0.2, 0.25) is 0 Å². The van der Waals surface area contributed by atoms with Crippen LogP contribution in [-0.4, -0.2) is 49.0 Å². The predicted octanol–water partition coefficient (Wildman–Crippen LogP) is 4.48. The largest absolute Gasteiger partial charge is 0.496 e. The van der Waals surface area contributed by atoms with E-state index in [4.69, 9.17) is 9.72 Å². The van der Waals surface area contributed by atoms with Crippen molar-refractivity contribution < 1.29 is 13.9 Å². The van der Waals surface area contributed by atoms with Gasteiger partial charge in [-0.05, 0) is 37.3 Å². The number of thiazole rings is 1. The molecule has 0 saturated carbocycles. The number of aromatic nitrogens is 1. The number of carbonyl (C=O) groups is 1. The van der Waals surface area contributed by atoms with Crippen LogP contribution in [0.4, 0.5) is 10.1 Å². The first kappa shape index (κ1) is 20.5. The number of ketones is 1. The van der Waals surface area contributed by atoms with Crippen molar-refractivity contribution in [3.63, 3.8) is 0 Å². The van der Waals surface area contributed by atoms with Gasteiger partial charge >= 0.3 is 0 Å². The van der Waals surface area contributed by atoms with E-state index in [0.717, 1.165) is 54.7 Å². The fourth-order valence-corrected chi connectivity index (χ4v) is 4.52. The summed E-state index contributed by atoms with van der Waals surface area (Å²) in [6.45, 7) is 5.35. The molecule has 1 fully saturated rings.